The van der Waals surface area contributed by atoms with Gasteiger partial charge in [0.15, 0.2) is 5.97 Å². The van der Waals surface area contributed by atoms with Crippen LogP contribution < -0.4 is 10.9 Å². The maximum atomic E-state index is 9.04. The van der Waals surface area contributed by atoms with Gasteiger partial charge >= 0.3 is 5.97 Å². The summed E-state index contributed by atoms with van der Waals surface area (Å²) in [7, 11) is 1.74. The van der Waals surface area contributed by atoms with Crippen molar-refractivity contribution in [2.45, 2.75) is 18.9 Å². The zero-order valence-electron chi connectivity index (χ0n) is 8.64. The number of quaternary nitrogens is 1. The van der Waals surface area contributed by atoms with Gasteiger partial charge in [0, 0.05) is 13.7 Å². The van der Waals surface area contributed by atoms with E-state index in [9.17, 15) is 0 Å². The summed E-state index contributed by atoms with van der Waals surface area (Å²) in [6.45, 7) is 1.97. The summed E-state index contributed by atoms with van der Waals surface area (Å²) in [6, 6.07) is 0.579. The molecule has 0 aromatic rings. The van der Waals surface area contributed by atoms with Crippen LogP contribution in [-0.4, -0.2) is 48.4 Å². The fourth-order valence-corrected chi connectivity index (χ4v) is 1.28. The van der Waals surface area contributed by atoms with Crippen molar-refractivity contribution in [2.75, 3.05) is 20.3 Å². The molecule has 7 nitrogen and oxygen atoms in total. The lowest BCUT2D eigenvalue weighted by atomic mass is 10.2. The summed E-state index contributed by atoms with van der Waals surface area (Å²) in [6.07, 6.45) is 2.52. The van der Waals surface area contributed by atoms with E-state index >= 15 is 0 Å². The van der Waals surface area contributed by atoms with Crippen molar-refractivity contribution < 1.29 is 30.4 Å². The van der Waals surface area contributed by atoms with Gasteiger partial charge in [-0.2, -0.15) is 5.01 Å². The van der Waals surface area contributed by atoms with Crippen LogP contribution in [0.4, 0.5) is 0 Å². The third-order valence-electron chi connectivity index (χ3n) is 2.03. The largest absolute Gasteiger partial charge is 0.539 e. The number of carbonyl (C=O) groups excluding carboxylic acids is 1. The van der Waals surface area contributed by atoms with Crippen LogP contribution in [-0.2, 0) is 14.3 Å². The van der Waals surface area contributed by atoms with Crippen molar-refractivity contribution in [3.8, 4) is 0 Å². The Bertz CT molecular complexity index is 209. The molecule has 1 saturated heterocycles. The van der Waals surface area contributed by atoms with E-state index in [1.807, 2.05) is 0 Å². The standard InChI is InChI=1S/C6H14N2O.C2H2O4/c1-9-5-6-3-2-4-8(6)7;3-1(4)2(5)6/h6H,2-5,7H2,1H3;(H,3,4)(H,5,6)/t6-;/m0./s1. The van der Waals surface area contributed by atoms with Gasteiger partial charge in [-0.1, -0.05) is 0 Å². The van der Waals surface area contributed by atoms with Crippen LogP contribution in [0.2, 0.25) is 0 Å². The molecule has 1 aliphatic rings. The molecule has 0 spiro atoms. The second-order valence-electron chi connectivity index (χ2n) is 3.16. The first-order valence-corrected chi connectivity index (χ1v) is 4.49. The summed E-state index contributed by atoms with van der Waals surface area (Å²) in [5.41, 5.74) is 0. The van der Waals surface area contributed by atoms with Gasteiger partial charge in [0.2, 0.25) is 0 Å². The van der Waals surface area contributed by atoms with Gasteiger partial charge in [0.05, 0.1) is 12.6 Å². The first-order chi connectivity index (χ1) is 6.99. The molecular formula is C8H16N2O5. The summed E-state index contributed by atoms with van der Waals surface area (Å²) >= 11 is 0. The smallest absolute Gasteiger partial charge is 0.351 e. The SMILES string of the molecule is COC[C@@H]1CCCN1[NH3+].O=C([O-])C(=O)O. The van der Waals surface area contributed by atoms with Crippen molar-refractivity contribution in [2.24, 2.45) is 0 Å². The maximum absolute atomic E-state index is 9.04. The zero-order valence-corrected chi connectivity index (χ0v) is 8.64. The van der Waals surface area contributed by atoms with Gasteiger partial charge in [0.25, 0.3) is 0 Å². The molecule has 0 saturated carbocycles. The molecule has 88 valence electrons. The first-order valence-electron chi connectivity index (χ1n) is 4.49. The Balaban J connectivity index is 0.000000288. The van der Waals surface area contributed by atoms with Crippen molar-refractivity contribution in [1.29, 1.82) is 0 Å². The monoisotopic (exact) mass is 220 g/mol. The second-order valence-corrected chi connectivity index (χ2v) is 3.16. The van der Waals surface area contributed by atoms with E-state index in [0.717, 1.165) is 13.2 Å². The minimum absolute atomic E-state index is 0.579. The second kappa shape index (κ2) is 7.16. The summed E-state index contributed by atoms with van der Waals surface area (Å²) in [5.74, 6) is -0.118. The normalized spacial score (nSPS) is 20.5. The van der Waals surface area contributed by atoms with Crippen LogP contribution in [0.5, 0.6) is 0 Å². The average Bonchev–Trinajstić information content (AvgIpc) is 2.53. The molecule has 0 unspecified atom stereocenters. The van der Waals surface area contributed by atoms with Gasteiger partial charge in [0.1, 0.15) is 0 Å². The van der Waals surface area contributed by atoms with Gasteiger partial charge in [-0.25, -0.2) is 4.79 Å². The number of aliphatic carboxylic acids is 2. The zero-order chi connectivity index (χ0) is 11.8. The van der Waals surface area contributed by atoms with Crippen LogP contribution in [0.25, 0.3) is 0 Å². The number of methoxy groups -OCH3 is 1. The molecule has 4 N–H and O–H groups in total. The van der Waals surface area contributed by atoms with Crippen LogP contribution in [0, 0.1) is 0 Å². The van der Waals surface area contributed by atoms with E-state index < -0.39 is 11.9 Å². The van der Waals surface area contributed by atoms with Crippen LogP contribution in [0.1, 0.15) is 12.8 Å². The lowest BCUT2D eigenvalue weighted by molar-refractivity contribution is -0.580. The van der Waals surface area contributed by atoms with Crippen LogP contribution >= 0.6 is 0 Å². The summed E-state index contributed by atoms with van der Waals surface area (Å²) < 4.78 is 5.01. The van der Waals surface area contributed by atoms with Gasteiger partial charge in [-0.3, -0.25) is 5.84 Å². The van der Waals surface area contributed by atoms with E-state index in [4.69, 9.17) is 24.5 Å². The van der Waals surface area contributed by atoms with E-state index in [2.05, 4.69) is 10.9 Å². The molecule has 0 aliphatic carbocycles. The van der Waals surface area contributed by atoms with Crippen molar-refractivity contribution in [1.82, 2.24) is 5.01 Å². The highest BCUT2D eigenvalue weighted by molar-refractivity contribution is 6.26. The molecular weight excluding hydrogens is 204 g/mol. The molecule has 0 bridgehead atoms. The number of ether oxygens (including phenoxy) is 1. The number of carboxylic acid groups (broad SMARTS) is 2. The molecule has 1 atom stereocenters. The molecule has 0 aromatic heterocycles. The predicted molar refractivity (Wildman–Crippen MR) is 47.1 cm³/mol. The number of hydrogen-bond acceptors (Lipinski definition) is 5. The quantitative estimate of drug-likeness (QED) is 0.481. The molecule has 7 heteroatoms. The van der Waals surface area contributed by atoms with E-state index in [0.29, 0.717) is 6.04 Å². The molecule has 1 rings (SSSR count). The lowest BCUT2D eigenvalue weighted by Crippen LogP contribution is -2.69. The molecule has 0 radical (unpaired) electrons. The lowest BCUT2D eigenvalue weighted by Gasteiger charge is -2.13. The van der Waals surface area contributed by atoms with Crippen molar-refractivity contribution >= 4 is 11.9 Å². The number of carbonyl (C=O) groups is 2. The Morgan fingerprint density at radius 1 is 1.67 bits per heavy atom. The Morgan fingerprint density at radius 2 is 2.20 bits per heavy atom. The Hall–Kier alpha value is -1.18. The number of nitrogens with zero attached hydrogens (tertiary/aromatic N) is 1. The Kier molecular flexibility index (Phi) is 6.59. The van der Waals surface area contributed by atoms with Gasteiger partial charge < -0.3 is 19.7 Å². The highest BCUT2D eigenvalue weighted by Gasteiger charge is 2.23. The fourth-order valence-electron chi connectivity index (χ4n) is 1.28. The predicted octanol–water partition coefficient (Wildman–Crippen LogP) is -2.92. The highest BCUT2D eigenvalue weighted by atomic mass is 16.5. The first kappa shape index (κ1) is 13.8. The molecule has 1 fully saturated rings. The summed E-state index contributed by atoms with van der Waals surface area (Å²) in [4.78, 5) is 18.0. The number of hydrogen-bond donors (Lipinski definition) is 2. The average molecular weight is 220 g/mol. The molecule has 1 aliphatic heterocycles. The Morgan fingerprint density at radius 3 is 2.47 bits per heavy atom. The third kappa shape index (κ3) is 6.00. The van der Waals surface area contributed by atoms with E-state index in [-0.39, 0.29) is 0 Å². The van der Waals surface area contributed by atoms with Crippen LogP contribution in [0.3, 0.4) is 0 Å². The number of carboxylic acids is 2. The van der Waals surface area contributed by atoms with Crippen LogP contribution in [0.15, 0.2) is 0 Å². The van der Waals surface area contributed by atoms with E-state index in [1.54, 1.807) is 7.11 Å². The summed E-state index contributed by atoms with van der Waals surface area (Å²) in [5, 5.41) is 18.4. The minimum Gasteiger partial charge on any atom is -0.539 e. The molecule has 1 heterocycles. The van der Waals surface area contributed by atoms with Crippen molar-refractivity contribution in [3.63, 3.8) is 0 Å². The maximum Gasteiger partial charge on any atom is 0.351 e. The molecule has 15 heavy (non-hydrogen) atoms. The van der Waals surface area contributed by atoms with Gasteiger partial charge in [-0.05, 0) is 12.8 Å². The Labute approximate surface area is 87.4 Å². The molecule has 0 aromatic carbocycles. The van der Waals surface area contributed by atoms with Gasteiger partial charge in [-0.15, -0.1) is 0 Å². The topological polar surface area (TPSA) is 118 Å². The number of rotatable bonds is 2. The van der Waals surface area contributed by atoms with Crippen molar-refractivity contribution in [3.05, 3.63) is 0 Å². The fraction of sp³-hybridized carbons (Fsp3) is 0.750. The van der Waals surface area contributed by atoms with E-state index in [1.165, 1.54) is 12.8 Å². The minimum atomic E-state index is -2.07. The highest BCUT2D eigenvalue weighted by Crippen LogP contribution is 2.10. The molecule has 0 amide bonds. The third-order valence-corrected chi connectivity index (χ3v) is 2.03.